The highest BCUT2D eigenvalue weighted by Gasteiger charge is 2.64. The Morgan fingerprint density at radius 1 is 0.143 bits per heavy atom. The first-order valence-electron chi connectivity index (χ1n) is 45.4. The molecule has 12 rings (SSSR count). The van der Waals surface area contributed by atoms with E-state index in [0.29, 0.717) is 19.4 Å². The maximum absolute atomic E-state index is 12.1. The third kappa shape index (κ3) is 24.9. The van der Waals surface area contributed by atoms with Gasteiger partial charge in [0.05, 0.1) is 79.3 Å². The topological polar surface area (TPSA) is 996 Å². The molecule has 140 heavy (non-hydrogen) atoms. The van der Waals surface area contributed by atoms with Crippen LogP contribution in [0.1, 0.15) is 25.7 Å². The van der Waals surface area contributed by atoms with Crippen molar-refractivity contribution in [3.05, 3.63) is 0 Å². The van der Waals surface area contributed by atoms with Crippen LogP contribution in [0, 0.1) is 0 Å². The zero-order valence-corrected chi connectivity index (χ0v) is 74.3. The van der Waals surface area contributed by atoms with Gasteiger partial charge in [-0.15, -0.1) is 0 Å². The van der Waals surface area contributed by atoms with Crippen molar-refractivity contribution in [3.63, 3.8) is 0 Å². The van der Waals surface area contributed by atoms with Crippen LogP contribution < -0.4 is 5.73 Å². The van der Waals surface area contributed by atoms with Crippen LogP contribution in [-0.4, -0.2) is 650 Å². The van der Waals surface area contributed by atoms with Crippen LogP contribution in [0.15, 0.2) is 0 Å². The highest BCUT2D eigenvalue weighted by molar-refractivity contribution is 5.06. The standard InChI is InChI=1S/C78H135NO61/c79-5-3-1-2-4-6-117-67-45(106)56(32(93)20(8-81)118-67)131-69-47(108)58(34(95)22(10-83)120-69)133-71-49(110)60(36(97)24(12-85)122-71)135-73-51(112)62(38(99)26(14-87)124-73)137-75-53(114)64(40(101)28(16-89)126-75)139-77-55(116)66(42(103)30(18-91)128-77)140-78-54(115)65(41(102)29(17-90)129-78)138-76-52(113)63(39(100)27(15-88)127-76)136-74-50(111)61(37(98)25(13-86)125-74)134-72-48(109)59(35(96)23(11-84)123-72)132-70-46(107)57(33(94)21(9-82)121-70)130-68-44(105)43(104)31(92)19(7-80)119-68/h19-78,80-116H,1-18,79H2/t19-,20-,21-,22-,23-,24-,25-,26-,27-,28-,29-,30-,31-,32-,33-,34-,35-,36-,37-,38-,39-,40-,41-,42-,43+,44-,45-,46-,47-,48-,49-,50-,51-,52-,53-,54-,55-,56+,57+,58+,59+,60+,61+,62+,63+,64+,65+,66+,67-,68+,69+,70+,71+,72+,73+,74+,75+,76+,77+,78+/m1/s1. The molecule has 12 saturated heterocycles. The molecule has 0 bridgehead atoms. The summed E-state index contributed by atoms with van der Waals surface area (Å²) in [4.78, 5) is 0. The van der Waals surface area contributed by atoms with Crippen molar-refractivity contribution >= 4 is 0 Å². The van der Waals surface area contributed by atoms with Gasteiger partial charge in [-0.1, -0.05) is 12.8 Å². The quantitative estimate of drug-likeness (QED) is 0.0253. The molecule has 39 N–H and O–H groups in total. The molecule has 60 atom stereocenters. The largest absolute Gasteiger partial charge is 0.394 e. The Morgan fingerprint density at radius 2 is 0.271 bits per heavy atom. The number of hydrogen-bond donors (Lipinski definition) is 38. The van der Waals surface area contributed by atoms with Gasteiger partial charge in [0.2, 0.25) is 0 Å². The molecule has 12 aliphatic rings. The molecule has 0 radical (unpaired) electrons. The first kappa shape index (κ1) is 116. The van der Waals surface area contributed by atoms with E-state index >= 15 is 0 Å². The van der Waals surface area contributed by atoms with E-state index in [-0.39, 0.29) is 6.61 Å². The second kappa shape index (κ2) is 52.0. The van der Waals surface area contributed by atoms with Crippen LogP contribution in [-0.2, 0) is 114 Å². The minimum Gasteiger partial charge on any atom is -0.394 e. The summed E-state index contributed by atoms with van der Waals surface area (Å²) in [5, 5.41) is 414. The monoisotopic (exact) mass is 2060 g/mol. The Bertz CT molecular complexity index is 3500. The van der Waals surface area contributed by atoms with Gasteiger partial charge in [-0.25, -0.2) is 0 Å². The number of rotatable bonds is 41. The zero-order chi connectivity index (χ0) is 102. The summed E-state index contributed by atoms with van der Waals surface area (Å²) >= 11 is 0. The van der Waals surface area contributed by atoms with Gasteiger partial charge in [-0.05, 0) is 19.4 Å². The molecular weight excluding hydrogens is 1930 g/mol. The van der Waals surface area contributed by atoms with Gasteiger partial charge < -0.3 is 308 Å². The van der Waals surface area contributed by atoms with E-state index in [4.69, 9.17) is 119 Å². The highest BCUT2D eigenvalue weighted by atomic mass is 16.8. The molecule has 0 unspecified atom stereocenters. The van der Waals surface area contributed by atoms with Crippen LogP contribution >= 0.6 is 0 Å². The molecule has 0 aliphatic carbocycles. The van der Waals surface area contributed by atoms with Gasteiger partial charge in [-0.3, -0.25) is 0 Å². The smallest absolute Gasteiger partial charge is 0.187 e. The summed E-state index contributed by atoms with van der Waals surface area (Å²) in [7, 11) is 0. The van der Waals surface area contributed by atoms with Gasteiger partial charge in [-0.2, -0.15) is 0 Å². The molecule has 818 valence electrons. The average Bonchev–Trinajstić information content (AvgIpc) is 0.756. The Morgan fingerprint density at radius 3 is 0.421 bits per heavy atom. The third-order valence-electron chi connectivity index (χ3n) is 26.5. The Hall–Kier alpha value is -2.48. The number of hydrogen-bond acceptors (Lipinski definition) is 62. The van der Waals surface area contributed by atoms with Crippen LogP contribution in [0.4, 0.5) is 0 Å². The van der Waals surface area contributed by atoms with E-state index in [1.54, 1.807) is 0 Å². The van der Waals surface area contributed by atoms with Crippen LogP contribution in [0.2, 0.25) is 0 Å². The summed E-state index contributed by atoms with van der Waals surface area (Å²) in [6.45, 7) is -13.0. The molecule has 62 heteroatoms. The van der Waals surface area contributed by atoms with Gasteiger partial charge in [0.25, 0.3) is 0 Å². The van der Waals surface area contributed by atoms with Gasteiger partial charge in [0, 0.05) is 6.61 Å². The normalized spacial score (nSPS) is 51.7. The summed E-state index contributed by atoms with van der Waals surface area (Å²) in [5.74, 6) is 0. The Balaban J connectivity index is 0.697. The lowest BCUT2D eigenvalue weighted by atomic mass is 9.94. The summed E-state index contributed by atoms with van der Waals surface area (Å²) in [6.07, 6.45) is -126. The van der Waals surface area contributed by atoms with Crippen molar-refractivity contribution in [2.45, 2.75) is 394 Å². The van der Waals surface area contributed by atoms with Crippen LogP contribution in [0.25, 0.3) is 0 Å². The number of ether oxygens (including phenoxy) is 24. The maximum atomic E-state index is 12.1. The number of aliphatic hydroxyl groups is 37. The molecule has 0 aromatic heterocycles. The Labute approximate surface area is 792 Å². The van der Waals surface area contributed by atoms with E-state index in [9.17, 15) is 189 Å². The molecule has 12 aliphatic heterocycles. The van der Waals surface area contributed by atoms with E-state index < -0.39 is 448 Å². The van der Waals surface area contributed by atoms with Crippen LogP contribution in [0.5, 0.6) is 0 Å². The lowest BCUT2D eigenvalue weighted by Crippen LogP contribution is -2.69. The number of unbranched alkanes of at least 4 members (excludes halogenated alkanes) is 3. The van der Waals surface area contributed by atoms with E-state index in [2.05, 4.69) is 0 Å². The molecule has 12 fully saturated rings. The molecule has 62 nitrogen and oxygen atoms in total. The molecule has 0 aromatic carbocycles. The van der Waals surface area contributed by atoms with Gasteiger partial charge in [0.1, 0.15) is 293 Å². The average molecular weight is 2060 g/mol. The maximum Gasteiger partial charge on any atom is 0.187 e. The summed E-state index contributed by atoms with van der Waals surface area (Å²) < 4.78 is 137. The fourth-order valence-corrected chi connectivity index (χ4v) is 18.3. The first-order valence-corrected chi connectivity index (χ1v) is 45.4. The third-order valence-corrected chi connectivity index (χ3v) is 26.5. The second-order valence-electron chi connectivity index (χ2n) is 35.7. The lowest BCUT2D eigenvalue weighted by Gasteiger charge is -2.50. The molecular formula is C78H135NO61. The molecule has 0 spiro atoms. The minimum atomic E-state index is -2.52. The van der Waals surface area contributed by atoms with E-state index in [0.717, 1.165) is 12.8 Å². The summed E-state index contributed by atoms with van der Waals surface area (Å²) in [6, 6.07) is 0. The second-order valence-corrected chi connectivity index (χ2v) is 35.7. The summed E-state index contributed by atoms with van der Waals surface area (Å²) in [5.41, 5.74) is 5.57. The van der Waals surface area contributed by atoms with Crippen molar-refractivity contribution in [2.75, 3.05) is 92.4 Å². The van der Waals surface area contributed by atoms with Crippen molar-refractivity contribution in [2.24, 2.45) is 5.73 Å². The predicted octanol–water partition coefficient (Wildman–Crippen LogP) is -25.6. The fourth-order valence-electron chi connectivity index (χ4n) is 18.3. The van der Waals surface area contributed by atoms with Crippen molar-refractivity contribution in [3.8, 4) is 0 Å². The molecule has 0 amide bonds. The predicted molar refractivity (Wildman–Crippen MR) is 426 cm³/mol. The van der Waals surface area contributed by atoms with Crippen molar-refractivity contribution in [1.29, 1.82) is 0 Å². The highest BCUT2D eigenvalue weighted by Crippen LogP contribution is 2.43. The van der Waals surface area contributed by atoms with Gasteiger partial charge >= 0.3 is 0 Å². The molecule has 0 saturated carbocycles. The first-order chi connectivity index (χ1) is 66.7. The Kier molecular flexibility index (Phi) is 43.2. The lowest BCUT2D eigenvalue weighted by molar-refractivity contribution is -0.404. The minimum absolute atomic E-state index is 0.0172. The SMILES string of the molecule is NCCCCCCO[C@@H]1O[C@H](CO)[C@@H](O)[C@H](O[C@@H]2O[C@H](CO)[C@@H](O)[C@H](O[C@@H]3O[C@H](CO)[C@@H](O)[C@H](O[C@@H]4O[C@H](CO)[C@@H](O)[C@H](O[C@@H]5O[C@H](CO)[C@@H](O)[C@H](O[C@@H]6O[C@H](CO)[C@@H](O)[C@H](O[C@@H]7O[C@H](CO)[C@@H](O)[C@H](O[C@@H]8O[C@H](CO)[C@@H](O)[C@H](O[C@@H]9O[C@H](CO)[C@@H](O)[C@H](O[C@@H]%10O[C@H](CO)[C@@H](O)[C@H](O[C@@H]%11O[C@H](CO)[C@@H](O)[C@H](O[C@@H]%12O[C@H](CO)[C@@H](O)[C@H](O)[C@H]%12O)[C@H]%11O)[C@H]%10O)[C@H]9O)[C@H]8O)[C@H]7O)[C@H]6O)[C@H]5O)[C@H]4O)[C@H]3O)[C@H]2O)[C@H]1O. The molecule has 12 heterocycles. The number of nitrogens with two attached hydrogens (primary N) is 1. The molecule has 0 aromatic rings. The van der Waals surface area contributed by atoms with Crippen molar-refractivity contribution < 1.29 is 303 Å². The van der Waals surface area contributed by atoms with Crippen LogP contribution in [0.3, 0.4) is 0 Å². The van der Waals surface area contributed by atoms with Crippen molar-refractivity contribution in [1.82, 2.24) is 0 Å². The fraction of sp³-hybridized carbons (Fsp3) is 1.00. The van der Waals surface area contributed by atoms with E-state index in [1.165, 1.54) is 0 Å². The number of aliphatic hydroxyl groups excluding tert-OH is 37. The van der Waals surface area contributed by atoms with E-state index in [1.807, 2.05) is 0 Å². The zero-order valence-electron chi connectivity index (χ0n) is 74.3. The van der Waals surface area contributed by atoms with Gasteiger partial charge in [0.15, 0.2) is 75.5 Å².